The molecule has 0 saturated heterocycles. The first-order valence-corrected chi connectivity index (χ1v) is 7.58. The molecular formula is C13H6Br2Cl2O3. The van der Waals surface area contributed by atoms with E-state index in [-0.39, 0.29) is 17.1 Å². The molecule has 0 aliphatic heterocycles. The van der Waals surface area contributed by atoms with Crippen molar-refractivity contribution in [2.45, 2.75) is 0 Å². The van der Waals surface area contributed by atoms with Crippen molar-refractivity contribution in [2.75, 3.05) is 0 Å². The van der Waals surface area contributed by atoms with Gasteiger partial charge in [-0.1, -0.05) is 39.1 Å². The van der Waals surface area contributed by atoms with Crippen LogP contribution in [-0.4, -0.2) is 11.1 Å². The van der Waals surface area contributed by atoms with Gasteiger partial charge in [-0.3, -0.25) is 0 Å². The number of aromatic carboxylic acids is 1. The van der Waals surface area contributed by atoms with Crippen molar-refractivity contribution < 1.29 is 14.6 Å². The van der Waals surface area contributed by atoms with E-state index in [9.17, 15) is 4.79 Å². The van der Waals surface area contributed by atoms with Gasteiger partial charge in [0, 0.05) is 15.0 Å². The Hall–Kier alpha value is -0.750. The summed E-state index contributed by atoms with van der Waals surface area (Å²) in [6, 6.07) is 7.77. The Morgan fingerprint density at radius 1 is 1.05 bits per heavy atom. The van der Waals surface area contributed by atoms with Gasteiger partial charge in [0.2, 0.25) is 0 Å². The Balaban J connectivity index is 2.45. The minimum Gasteiger partial charge on any atom is -0.478 e. The average Bonchev–Trinajstić information content (AvgIpc) is 2.37. The third-order valence-corrected chi connectivity index (χ3v) is 4.35. The molecule has 0 spiro atoms. The molecular weight excluding hydrogens is 435 g/mol. The zero-order valence-corrected chi connectivity index (χ0v) is 14.3. The molecule has 0 atom stereocenters. The van der Waals surface area contributed by atoms with Crippen LogP contribution < -0.4 is 4.74 Å². The third-order valence-electron chi connectivity index (χ3n) is 2.37. The van der Waals surface area contributed by atoms with Crippen LogP contribution in [0.15, 0.2) is 39.3 Å². The molecule has 0 aliphatic carbocycles. The highest BCUT2D eigenvalue weighted by Crippen LogP contribution is 2.37. The minimum atomic E-state index is -1.10. The summed E-state index contributed by atoms with van der Waals surface area (Å²) in [5.41, 5.74) is 0.0227. The van der Waals surface area contributed by atoms with Crippen molar-refractivity contribution >= 4 is 61.0 Å². The molecule has 3 nitrogen and oxygen atoms in total. The van der Waals surface area contributed by atoms with E-state index < -0.39 is 5.97 Å². The predicted molar refractivity (Wildman–Crippen MR) is 85.3 cm³/mol. The van der Waals surface area contributed by atoms with E-state index in [2.05, 4.69) is 31.9 Å². The van der Waals surface area contributed by atoms with E-state index in [0.29, 0.717) is 19.0 Å². The molecule has 0 saturated carbocycles. The third kappa shape index (κ3) is 3.47. The van der Waals surface area contributed by atoms with E-state index in [0.717, 1.165) is 0 Å². The summed E-state index contributed by atoms with van der Waals surface area (Å²) in [5, 5.41) is 9.90. The zero-order chi connectivity index (χ0) is 14.9. The van der Waals surface area contributed by atoms with Gasteiger partial charge in [-0.15, -0.1) is 0 Å². The van der Waals surface area contributed by atoms with Crippen molar-refractivity contribution in [1.82, 2.24) is 0 Å². The summed E-state index contributed by atoms with van der Waals surface area (Å²) < 4.78 is 6.82. The molecule has 1 N–H and O–H groups in total. The second kappa shape index (κ2) is 6.35. The van der Waals surface area contributed by atoms with Crippen LogP contribution in [0.5, 0.6) is 11.5 Å². The van der Waals surface area contributed by atoms with Crippen LogP contribution in [0, 0.1) is 0 Å². The van der Waals surface area contributed by atoms with Crippen molar-refractivity contribution in [3.05, 3.63) is 54.9 Å². The summed E-state index contributed by atoms with van der Waals surface area (Å²) in [5.74, 6) is -0.633. The van der Waals surface area contributed by atoms with E-state index in [1.165, 1.54) is 12.1 Å². The van der Waals surface area contributed by atoms with Crippen LogP contribution in [-0.2, 0) is 0 Å². The fourth-order valence-corrected chi connectivity index (χ4v) is 2.65. The maximum atomic E-state index is 11.2. The molecule has 20 heavy (non-hydrogen) atoms. The van der Waals surface area contributed by atoms with Crippen molar-refractivity contribution in [3.8, 4) is 11.5 Å². The van der Waals surface area contributed by atoms with Crippen molar-refractivity contribution in [3.63, 3.8) is 0 Å². The van der Waals surface area contributed by atoms with Gasteiger partial charge >= 0.3 is 5.97 Å². The van der Waals surface area contributed by atoms with Crippen molar-refractivity contribution in [1.29, 1.82) is 0 Å². The van der Waals surface area contributed by atoms with Crippen LogP contribution in [0.1, 0.15) is 10.4 Å². The summed E-state index contributed by atoms with van der Waals surface area (Å²) in [6.07, 6.45) is 0. The van der Waals surface area contributed by atoms with Gasteiger partial charge in [0.15, 0.2) is 0 Å². The molecule has 104 valence electrons. The Kier molecular flexibility index (Phi) is 4.96. The Morgan fingerprint density at radius 2 is 1.75 bits per heavy atom. The summed E-state index contributed by atoms with van der Waals surface area (Å²) in [4.78, 5) is 11.2. The predicted octanol–water partition coefficient (Wildman–Crippen LogP) is 6.01. The fourth-order valence-electron chi connectivity index (χ4n) is 1.46. The lowest BCUT2D eigenvalue weighted by atomic mass is 10.2. The van der Waals surface area contributed by atoms with E-state index in [4.69, 9.17) is 33.0 Å². The molecule has 2 aromatic rings. The van der Waals surface area contributed by atoms with E-state index in [1.807, 2.05) is 0 Å². The first-order chi connectivity index (χ1) is 9.38. The molecule has 0 unspecified atom stereocenters. The summed E-state index contributed by atoms with van der Waals surface area (Å²) in [7, 11) is 0. The Morgan fingerprint density at radius 3 is 2.40 bits per heavy atom. The van der Waals surface area contributed by atoms with Gasteiger partial charge in [-0.2, -0.15) is 0 Å². The molecule has 0 fully saturated rings. The number of carboxylic acid groups (broad SMARTS) is 1. The smallest absolute Gasteiger partial charge is 0.339 e. The number of halogens is 4. The molecule has 0 bridgehead atoms. The van der Waals surface area contributed by atoms with E-state index in [1.54, 1.807) is 18.2 Å². The first-order valence-electron chi connectivity index (χ1n) is 5.23. The standard InChI is InChI=1S/C13H6Br2Cl2O3/c14-6-1-2-11(7(3-6)13(18)19)20-12-5-9(16)8(15)4-10(12)17/h1-5H,(H,18,19). The Labute approximate surface area is 141 Å². The number of hydrogen-bond acceptors (Lipinski definition) is 2. The fraction of sp³-hybridized carbons (Fsp3) is 0. The highest BCUT2D eigenvalue weighted by atomic mass is 79.9. The second-order valence-corrected chi connectivity index (χ2v) is 6.33. The van der Waals surface area contributed by atoms with Crippen LogP contribution >= 0.6 is 55.1 Å². The number of carbonyl (C=O) groups is 1. The summed E-state index contributed by atoms with van der Waals surface area (Å²) >= 11 is 18.5. The van der Waals surface area contributed by atoms with Gasteiger partial charge in [0.1, 0.15) is 17.1 Å². The SMILES string of the molecule is O=C(O)c1cc(Br)ccc1Oc1cc(Cl)c(Br)cc1Cl. The lowest BCUT2D eigenvalue weighted by Gasteiger charge is -2.11. The largest absolute Gasteiger partial charge is 0.478 e. The molecule has 0 amide bonds. The van der Waals surface area contributed by atoms with Gasteiger partial charge in [0.25, 0.3) is 0 Å². The lowest BCUT2D eigenvalue weighted by Crippen LogP contribution is -2.00. The highest BCUT2D eigenvalue weighted by Gasteiger charge is 2.15. The summed E-state index contributed by atoms with van der Waals surface area (Å²) in [6.45, 7) is 0. The molecule has 0 heterocycles. The maximum absolute atomic E-state index is 11.2. The molecule has 0 radical (unpaired) electrons. The van der Waals surface area contributed by atoms with Crippen LogP contribution in [0.25, 0.3) is 0 Å². The van der Waals surface area contributed by atoms with Gasteiger partial charge in [-0.25, -0.2) is 4.79 Å². The van der Waals surface area contributed by atoms with Gasteiger partial charge in [0.05, 0.1) is 10.0 Å². The number of rotatable bonds is 3. The van der Waals surface area contributed by atoms with Crippen LogP contribution in [0.4, 0.5) is 0 Å². The highest BCUT2D eigenvalue weighted by molar-refractivity contribution is 9.10. The zero-order valence-electron chi connectivity index (χ0n) is 9.66. The molecule has 0 aromatic heterocycles. The topological polar surface area (TPSA) is 46.5 Å². The lowest BCUT2D eigenvalue weighted by molar-refractivity contribution is 0.0694. The molecule has 0 aliphatic rings. The number of hydrogen-bond donors (Lipinski definition) is 1. The molecule has 2 rings (SSSR count). The quantitative estimate of drug-likeness (QED) is 0.594. The monoisotopic (exact) mass is 438 g/mol. The van der Waals surface area contributed by atoms with E-state index >= 15 is 0 Å². The average molecular weight is 441 g/mol. The van der Waals surface area contributed by atoms with Crippen LogP contribution in [0.3, 0.4) is 0 Å². The second-order valence-electron chi connectivity index (χ2n) is 3.74. The number of carboxylic acids is 1. The first kappa shape index (κ1) is 15.6. The normalized spacial score (nSPS) is 10.4. The van der Waals surface area contributed by atoms with Gasteiger partial charge in [-0.05, 0) is 40.2 Å². The van der Waals surface area contributed by atoms with Gasteiger partial charge < -0.3 is 9.84 Å². The Bertz CT molecular complexity index is 690. The molecule has 2 aromatic carbocycles. The maximum Gasteiger partial charge on any atom is 0.339 e. The minimum absolute atomic E-state index is 0.0227. The van der Waals surface area contributed by atoms with Crippen LogP contribution in [0.2, 0.25) is 10.0 Å². The van der Waals surface area contributed by atoms with Crippen molar-refractivity contribution in [2.24, 2.45) is 0 Å². The number of ether oxygens (including phenoxy) is 1. The molecule has 7 heteroatoms. The number of benzene rings is 2.